The van der Waals surface area contributed by atoms with Crippen molar-refractivity contribution in [2.24, 2.45) is 11.8 Å². The van der Waals surface area contributed by atoms with Gasteiger partial charge < -0.3 is 10.6 Å². The van der Waals surface area contributed by atoms with Crippen LogP contribution in [0.3, 0.4) is 0 Å². The van der Waals surface area contributed by atoms with Gasteiger partial charge in [0.25, 0.3) is 0 Å². The monoisotopic (exact) mass is 253 g/mol. The Bertz CT molecular complexity index is 444. The van der Waals surface area contributed by atoms with E-state index in [0.29, 0.717) is 23.3 Å². The van der Waals surface area contributed by atoms with Gasteiger partial charge in [0, 0.05) is 18.8 Å². The third kappa shape index (κ3) is 2.70. The summed E-state index contributed by atoms with van der Waals surface area (Å²) in [6.45, 7) is 5.09. The summed E-state index contributed by atoms with van der Waals surface area (Å²) in [5, 5.41) is 8.11. The Kier molecular flexibility index (Phi) is 3.54. The average Bonchev–Trinajstić information content (AvgIpc) is 2.86. The van der Waals surface area contributed by atoms with Crippen LogP contribution in [-0.4, -0.2) is 29.8 Å². The Balaban J connectivity index is 2.00. The molecule has 0 saturated carbocycles. The summed E-state index contributed by atoms with van der Waals surface area (Å²) in [6, 6.07) is 0. The molecule has 5 nitrogen and oxygen atoms in total. The van der Waals surface area contributed by atoms with E-state index in [1.165, 1.54) is 18.3 Å². The fraction of sp³-hybridized carbons (Fsp3) is 0.545. The summed E-state index contributed by atoms with van der Waals surface area (Å²) >= 11 is 1.28. The third-order valence-corrected chi connectivity index (χ3v) is 3.71. The van der Waals surface area contributed by atoms with Crippen molar-refractivity contribution in [1.82, 2.24) is 10.3 Å². The number of aromatic nitrogens is 1. The summed E-state index contributed by atoms with van der Waals surface area (Å²) in [6.07, 6.45) is 0. The lowest BCUT2D eigenvalue weighted by atomic mass is 9.97. The molecule has 0 aromatic carbocycles. The number of amides is 1. The number of rotatable bonds is 3. The first kappa shape index (κ1) is 12.2. The Morgan fingerprint density at radius 2 is 2.29 bits per heavy atom. The third-order valence-electron chi connectivity index (χ3n) is 2.95. The summed E-state index contributed by atoms with van der Waals surface area (Å²) in [5.41, 5.74) is 0.405. The molecule has 6 heteroatoms. The number of hydrogen-bond acceptors (Lipinski definition) is 5. The van der Waals surface area contributed by atoms with Crippen LogP contribution in [0.15, 0.2) is 5.38 Å². The number of hydrogen-bond donors (Lipinski definition) is 2. The van der Waals surface area contributed by atoms with Gasteiger partial charge in [0.15, 0.2) is 10.9 Å². The number of carbonyl (C=O) groups excluding carboxylic acids is 2. The largest absolute Gasteiger partial charge is 0.316 e. The number of Topliss-reactive ketones (excluding diaryl/α,β-unsaturated/α-hetero) is 1. The van der Waals surface area contributed by atoms with E-state index in [9.17, 15) is 9.59 Å². The van der Waals surface area contributed by atoms with Gasteiger partial charge in [-0.3, -0.25) is 9.59 Å². The van der Waals surface area contributed by atoms with E-state index in [-0.39, 0.29) is 17.6 Å². The molecule has 1 aliphatic heterocycles. The normalized spacial score (nSPS) is 23.6. The SMILES string of the molecule is CC(=O)c1csc(NC(=O)[C@@H]2CNC[C@H]2C)n1. The Morgan fingerprint density at radius 3 is 2.82 bits per heavy atom. The predicted molar refractivity (Wildman–Crippen MR) is 66.3 cm³/mol. The first-order chi connectivity index (χ1) is 8.08. The number of ketones is 1. The number of nitrogens with zero attached hydrogens (tertiary/aromatic N) is 1. The smallest absolute Gasteiger partial charge is 0.230 e. The van der Waals surface area contributed by atoms with E-state index in [1.54, 1.807) is 5.38 Å². The highest BCUT2D eigenvalue weighted by Crippen LogP contribution is 2.20. The van der Waals surface area contributed by atoms with Crippen molar-refractivity contribution in [3.8, 4) is 0 Å². The van der Waals surface area contributed by atoms with E-state index < -0.39 is 0 Å². The lowest BCUT2D eigenvalue weighted by Gasteiger charge is -2.12. The van der Waals surface area contributed by atoms with E-state index in [4.69, 9.17) is 0 Å². The molecule has 0 spiro atoms. The van der Waals surface area contributed by atoms with Gasteiger partial charge in [-0.05, 0) is 12.5 Å². The summed E-state index contributed by atoms with van der Waals surface area (Å²) in [7, 11) is 0. The van der Waals surface area contributed by atoms with Crippen molar-refractivity contribution in [3.63, 3.8) is 0 Å². The maximum atomic E-state index is 11.9. The Labute approximate surface area is 104 Å². The highest BCUT2D eigenvalue weighted by atomic mass is 32.1. The van der Waals surface area contributed by atoms with Gasteiger partial charge in [0.1, 0.15) is 5.69 Å². The molecule has 1 amide bonds. The van der Waals surface area contributed by atoms with Crippen molar-refractivity contribution < 1.29 is 9.59 Å². The molecule has 1 aromatic rings. The minimum Gasteiger partial charge on any atom is -0.316 e. The van der Waals surface area contributed by atoms with Gasteiger partial charge >= 0.3 is 0 Å². The Hall–Kier alpha value is -1.27. The van der Waals surface area contributed by atoms with Crippen LogP contribution in [0, 0.1) is 11.8 Å². The zero-order valence-corrected chi connectivity index (χ0v) is 10.6. The van der Waals surface area contributed by atoms with Crippen molar-refractivity contribution in [2.75, 3.05) is 18.4 Å². The Morgan fingerprint density at radius 1 is 1.53 bits per heavy atom. The van der Waals surface area contributed by atoms with E-state index in [0.717, 1.165) is 6.54 Å². The molecule has 1 aromatic heterocycles. The molecule has 2 heterocycles. The zero-order chi connectivity index (χ0) is 12.4. The minimum atomic E-state index is -0.0855. The quantitative estimate of drug-likeness (QED) is 0.792. The number of carbonyl (C=O) groups is 2. The molecule has 1 saturated heterocycles. The molecule has 2 rings (SSSR count). The van der Waals surface area contributed by atoms with E-state index in [1.807, 2.05) is 6.92 Å². The minimum absolute atomic E-state index is 0.0142. The van der Waals surface area contributed by atoms with Crippen LogP contribution < -0.4 is 10.6 Å². The second-order valence-electron chi connectivity index (χ2n) is 4.33. The molecule has 0 bridgehead atoms. The van der Waals surface area contributed by atoms with Crippen LogP contribution in [-0.2, 0) is 4.79 Å². The molecule has 17 heavy (non-hydrogen) atoms. The van der Waals surface area contributed by atoms with Crippen LogP contribution in [0.25, 0.3) is 0 Å². The summed E-state index contributed by atoms with van der Waals surface area (Å²) < 4.78 is 0. The summed E-state index contributed by atoms with van der Waals surface area (Å²) in [5.74, 6) is 0.214. The molecule has 0 aliphatic carbocycles. The lowest BCUT2D eigenvalue weighted by molar-refractivity contribution is -0.120. The highest BCUT2D eigenvalue weighted by Gasteiger charge is 2.29. The molecule has 2 atom stereocenters. The molecular formula is C11H15N3O2S. The van der Waals surface area contributed by atoms with Gasteiger partial charge in [-0.15, -0.1) is 11.3 Å². The number of thiazole rings is 1. The van der Waals surface area contributed by atoms with Gasteiger partial charge in [-0.25, -0.2) is 4.98 Å². The molecule has 92 valence electrons. The zero-order valence-electron chi connectivity index (χ0n) is 9.82. The summed E-state index contributed by atoms with van der Waals surface area (Å²) in [4.78, 5) is 27.1. The van der Waals surface area contributed by atoms with Crippen LogP contribution in [0.5, 0.6) is 0 Å². The van der Waals surface area contributed by atoms with E-state index in [2.05, 4.69) is 15.6 Å². The van der Waals surface area contributed by atoms with Crippen molar-refractivity contribution in [3.05, 3.63) is 11.1 Å². The topological polar surface area (TPSA) is 71.1 Å². The van der Waals surface area contributed by atoms with Crippen molar-refractivity contribution in [2.45, 2.75) is 13.8 Å². The molecular weight excluding hydrogens is 238 g/mol. The van der Waals surface area contributed by atoms with Crippen LogP contribution in [0.2, 0.25) is 0 Å². The molecule has 1 fully saturated rings. The fourth-order valence-electron chi connectivity index (χ4n) is 1.85. The maximum Gasteiger partial charge on any atom is 0.230 e. The molecule has 2 N–H and O–H groups in total. The van der Waals surface area contributed by atoms with Gasteiger partial charge in [-0.1, -0.05) is 6.92 Å². The highest BCUT2D eigenvalue weighted by molar-refractivity contribution is 7.14. The van der Waals surface area contributed by atoms with Crippen LogP contribution in [0.4, 0.5) is 5.13 Å². The second kappa shape index (κ2) is 4.93. The van der Waals surface area contributed by atoms with E-state index >= 15 is 0 Å². The van der Waals surface area contributed by atoms with Crippen LogP contribution >= 0.6 is 11.3 Å². The fourth-order valence-corrected chi connectivity index (χ4v) is 2.60. The molecule has 0 unspecified atom stereocenters. The average molecular weight is 253 g/mol. The van der Waals surface area contributed by atoms with Gasteiger partial charge in [0.05, 0.1) is 5.92 Å². The van der Waals surface area contributed by atoms with Crippen molar-refractivity contribution >= 4 is 28.2 Å². The maximum absolute atomic E-state index is 11.9. The molecule has 1 aliphatic rings. The lowest BCUT2D eigenvalue weighted by Crippen LogP contribution is -2.27. The van der Waals surface area contributed by atoms with Crippen LogP contribution in [0.1, 0.15) is 24.3 Å². The second-order valence-corrected chi connectivity index (χ2v) is 5.18. The van der Waals surface area contributed by atoms with Gasteiger partial charge in [-0.2, -0.15) is 0 Å². The van der Waals surface area contributed by atoms with Gasteiger partial charge in [0.2, 0.25) is 5.91 Å². The first-order valence-electron chi connectivity index (χ1n) is 5.56. The number of anilines is 1. The van der Waals surface area contributed by atoms with Crippen molar-refractivity contribution in [1.29, 1.82) is 0 Å². The predicted octanol–water partition coefficient (Wildman–Crippen LogP) is 1.14. The first-order valence-corrected chi connectivity index (χ1v) is 6.44. The number of nitrogens with one attached hydrogen (secondary N) is 2. The standard InChI is InChI=1S/C11H15N3O2S/c1-6-3-12-4-8(6)10(16)14-11-13-9(5-17-11)7(2)15/h5-6,8,12H,3-4H2,1-2H3,(H,13,14,16)/t6-,8-/m1/s1. The molecule has 0 radical (unpaired) electrons.